The van der Waals surface area contributed by atoms with E-state index >= 15 is 4.39 Å². The van der Waals surface area contributed by atoms with Crippen molar-refractivity contribution in [3.8, 4) is 16.9 Å². The Balaban J connectivity index is 0.968. The van der Waals surface area contributed by atoms with Crippen molar-refractivity contribution < 1.29 is 33.3 Å². The van der Waals surface area contributed by atoms with E-state index in [2.05, 4.69) is 14.7 Å². The number of anilines is 2. The van der Waals surface area contributed by atoms with Crippen molar-refractivity contribution >= 4 is 46.5 Å². The number of carbonyl (C=O) groups excluding carboxylic acids is 1. The summed E-state index contributed by atoms with van der Waals surface area (Å²) >= 11 is 13.6. The monoisotopic (exact) mass is 708 g/mol. The van der Waals surface area contributed by atoms with Crippen LogP contribution in [0.4, 0.5) is 15.8 Å². The Bertz CT molecular complexity index is 1840. The third-order valence-electron chi connectivity index (χ3n) is 11.2. The average Bonchev–Trinajstić information content (AvgIpc) is 3.73. The molecule has 6 aliphatic rings. The van der Waals surface area contributed by atoms with Crippen molar-refractivity contribution in [1.82, 2.24) is 9.80 Å². The van der Waals surface area contributed by atoms with Crippen molar-refractivity contribution in [2.24, 2.45) is 0 Å². The minimum Gasteiger partial charge on any atom is -0.478 e. The maximum Gasteiger partial charge on any atom is 0.337 e. The van der Waals surface area contributed by atoms with Gasteiger partial charge in [0.2, 0.25) is 0 Å². The van der Waals surface area contributed by atoms with E-state index in [4.69, 9.17) is 37.4 Å². The molecule has 10 nitrogen and oxygen atoms in total. The van der Waals surface area contributed by atoms with E-state index in [0.717, 1.165) is 57.3 Å². The molecule has 3 aromatic rings. The Labute approximate surface area is 292 Å². The molecular formula is C36H35Cl2FN4O6. The van der Waals surface area contributed by atoms with Crippen LogP contribution in [0.1, 0.15) is 45.5 Å². The van der Waals surface area contributed by atoms with Gasteiger partial charge in [-0.15, -0.1) is 0 Å². The second-order valence-corrected chi connectivity index (χ2v) is 14.7. The van der Waals surface area contributed by atoms with Gasteiger partial charge in [-0.3, -0.25) is 9.69 Å². The number of rotatable bonds is 6. The summed E-state index contributed by atoms with van der Waals surface area (Å²) in [6.45, 7) is 4.57. The third-order valence-corrected chi connectivity index (χ3v) is 11.8. The number of amides is 1. The van der Waals surface area contributed by atoms with Crippen LogP contribution in [0.5, 0.6) is 5.75 Å². The summed E-state index contributed by atoms with van der Waals surface area (Å²) in [6.07, 6.45) is 2.85. The van der Waals surface area contributed by atoms with Crippen LogP contribution in [0, 0.1) is 5.82 Å². The molecular weight excluding hydrogens is 674 g/mol. The Hall–Kier alpha value is -3.61. The summed E-state index contributed by atoms with van der Waals surface area (Å²) in [6, 6.07) is 13.2. The van der Waals surface area contributed by atoms with Gasteiger partial charge in [0.15, 0.2) is 6.73 Å². The van der Waals surface area contributed by atoms with Gasteiger partial charge in [0.05, 0.1) is 78.0 Å². The predicted molar refractivity (Wildman–Crippen MR) is 182 cm³/mol. The number of morpholine rings is 1. The van der Waals surface area contributed by atoms with Gasteiger partial charge in [0.25, 0.3) is 5.91 Å². The van der Waals surface area contributed by atoms with Crippen LogP contribution in [0.2, 0.25) is 10.0 Å². The van der Waals surface area contributed by atoms with Gasteiger partial charge >= 0.3 is 5.97 Å². The highest BCUT2D eigenvalue weighted by atomic mass is 35.5. The first kappa shape index (κ1) is 31.4. The largest absolute Gasteiger partial charge is 0.478 e. The predicted octanol–water partition coefficient (Wildman–Crippen LogP) is 5.52. The van der Waals surface area contributed by atoms with Crippen molar-refractivity contribution in [3.63, 3.8) is 0 Å². The second kappa shape index (κ2) is 12.0. The summed E-state index contributed by atoms with van der Waals surface area (Å²) in [4.78, 5) is 34.6. The van der Waals surface area contributed by atoms with Crippen LogP contribution in [-0.4, -0.2) is 103 Å². The van der Waals surface area contributed by atoms with Gasteiger partial charge in [-0.05, 0) is 43.5 Å². The summed E-state index contributed by atoms with van der Waals surface area (Å²) in [7, 11) is 0. The fourth-order valence-corrected chi connectivity index (χ4v) is 9.39. The second-order valence-electron chi connectivity index (χ2n) is 13.9. The van der Waals surface area contributed by atoms with Gasteiger partial charge in [-0.1, -0.05) is 41.4 Å². The van der Waals surface area contributed by atoms with Gasteiger partial charge in [-0.25, -0.2) is 9.18 Å². The van der Waals surface area contributed by atoms with Gasteiger partial charge in [0, 0.05) is 47.6 Å². The Kier molecular flexibility index (Phi) is 7.70. The summed E-state index contributed by atoms with van der Waals surface area (Å²) < 4.78 is 33.0. The quantitative estimate of drug-likeness (QED) is 0.355. The number of hydrogen-bond acceptors (Lipinski definition) is 8. The van der Waals surface area contributed by atoms with Crippen molar-refractivity contribution in [2.45, 2.75) is 56.0 Å². The van der Waals surface area contributed by atoms with E-state index in [-0.39, 0.29) is 58.0 Å². The molecule has 6 aliphatic heterocycles. The molecule has 4 bridgehead atoms. The van der Waals surface area contributed by atoms with Crippen LogP contribution < -0.4 is 14.5 Å². The number of fused-ring (bicyclic) bond motifs is 5. The smallest absolute Gasteiger partial charge is 0.337 e. The first-order valence-corrected chi connectivity index (χ1v) is 17.6. The number of ether oxygens (including phenoxy) is 3. The summed E-state index contributed by atoms with van der Waals surface area (Å²) in [5.74, 6) is -1.76. The number of benzene rings is 3. The number of carboxylic acids is 1. The van der Waals surface area contributed by atoms with Crippen LogP contribution >= 0.6 is 23.2 Å². The number of piperazine rings is 1. The van der Waals surface area contributed by atoms with Crippen LogP contribution in [0.15, 0.2) is 42.5 Å². The highest BCUT2D eigenvalue weighted by molar-refractivity contribution is 6.40. The number of halogens is 3. The maximum atomic E-state index is 15.7. The Morgan fingerprint density at radius 3 is 2.22 bits per heavy atom. The Morgan fingerprint density at radius 1 is 0.857 bits per heavy atom. The molecule has 3 aromatic carbocycles. The van der Waals surface area contributed by atoms with E-state index in [1.807, 2.05) is 18.2 Å². The number of para-hydroxylation sites is 1. The van der Waals surface area contributed by atoms with Gasteiger partial charge in [-0.2, -0.15) is 0 Å². The molecule has 2 unspecified atom stereocenters. The third kappa shape index (κ3) is 5.16. The molecule has 5 fully saturated rings. The number of carbonyl (C=O) groups is 2. The average molecular weight is 710 g/mol. The van der Waals surface area contributed by atoms with E-state index in [1.165, 1.54) is 4.90 Å². The van der Waals surface area contributed by atoms with Gasteiger partial charge < -0.3 is 34.0 Å². The van der Waals surface area contributed by atoms with E-state index in [9.17, 15) is 14.7 Å². The number of hydrogen-bond donors (Lipinski definition) is 1. The zero-order valence-corrected chi connectivity index (χ0v) is 28.1. The fourth-order valence-electron chi connectivity index (χ4n) is 8.75. The lowest BCUT2D eigenvalue weighted by Crippen LogP contribution is -2.56. The molecule has 1 N–H and O–H groups in total. The molecule has 1 amide bonds. The standard InChI is InChI=1S/C36H35Cl2FN4O6/c37-29-7-22(41-12-24-6-23(41)13-42(24)25-16-48-17-25)8-30(38)33(29)35(44)40-11-19-2-1-3-26(34(19)49-18-40)27-10-32(28(36(45)46)9-31(27)39)43-20-4-5-21(43)15-47-14-20/h1-3,7-10,20-21,23-25H,4-6,11-18H2,(H,45,46)/t20?,21?,23-,24-/m0/s1. The maximum absolute atomic E-state index is 15.7. The first-order chi connectivity index (χ1) is 23.7. The molecule has 256 valence electrons. The lowest BCUT2D eigenvalue weighted by Gasteiger charge is -2.43. The lowest BCUT2D eigenvalue weighted by atomic mass is 9.96. The van der Waals surface area contributed by atoms with E-state index < -0.39 is 11.8 Å². The number of nitrogens with zero attached hydrogens (tertiary/aromatic N) is 4. The molecule has 0 aromatic heterocycles. The molecule has 4 atom stereocenters. The van der Waals surface area contributed by atoms with E-state index in [0.29, 0.717) is 53.9 Å². The molecule has 0 spiro atoms. The molecule has 6 heterocycles. The number of carboxylic acid groups (broad SMARTS) is 1. The zero-order chi connectivity index (χ0) is 33.6. The minimum atomic E-state index is -1.18. The molecule has 13 heteroatoms. The molecule has 0 aliphatic carbocycles. The van der Waals surface area contributed by atoms with Crippen molar-refractivity contribution in [2.75, 3.05) is 56.0 Å². The van der Waals surface area contributed by atoms with Crippen molar-refractivity contribution in [1.29, 1.82) is 0 Å². The Morgan fingerprint density at radius 2 is 1.57 bits per heavy atom. The summed E-state index contributed by atoms with van der Waals surface area (Å²) in [5, 5.41) is 10.6. The number of aromatic carboxylic acids is 1. The van der Waals surface area contributed by atoms with Crippen LogP contribution in [0.25, 0.3) is 11.1 Å². The zero-order valence-electron chi connectivity index (χ0n) is 26.6. The SMILES string of the molecule is O=C(O)c1cc(F)c(-c2cccc3c2OCN(C(=O)c2c(Cl)cc(N4C[C@@H]5C[C@H]4CN5C4COC4)cc2Cl)C3)cc1N1C2CCC1COC2. The highest BCUT2D eigenvalue weighted by Crippen LogP contribution is 2.44. The fraction of sp³-hybridized carbons (Fsp3) is 0.444. The molecule has 49 heavy (non-hydrogen) atoms. The highest BCUT2D eigenvalue weighted by Gasteiger charge is 2.47. The van der Waals surface area contributed by atoms with Crippen LogP contribution in [-0.2, 0) is 16.0 Å². The van der Waals surface area contributed by atoms with E-state index in [1.54, 1.807) is 18.2 Å². The van der Waals surface area contributed by atoms with Gasteiger partial charge in [0.1, 0.15) is 11.6 Å². The lowest BCUT2D eigenvalue weighted by molar-refractivity contribution is -0.0708. The molecule has 5 saturated heterocycles. The molecule has 9 rings (SSSR count). The topological polar surface area (TPSA) is 95.0 Å². The normalized spacial score (nSPS) is 26.1. The number of likely N-dealkylation sites (tertiary alicyclic amines) is 1. The van der Waals surface area contributed by atoms with Crippen LogP contribution in [0.3, 0.4) is 0 Å². The van der Waals surface area contributed by atoms with Crippen molar-refractivity contribution in [3.05, 3.63) is 75.0 Å². The minimum absolute atomic E-state index is 0.0340. The molecule has 0 radical (unpaired) electrons. The summed E-state index contributed by atoms with van der Waals surface area (Å²) in [5.41, 5.74) is 2.94. The first-order valence-electron chi connectivity index (χ1n) is 16.8. The molecule has 0 saturated carbocycles.